The lowest BCUT2D eigenvalue weighted by Crippen LogP contribution is -1.93. The monoisotopic (exact) mass is 225 g/mol. The molecular formula is C15H12N2. The number of para-hydroxylation sites is 1. The number of rotatable bonds is 1. The summed E-state index contributed by atoms with van der Waals surface area (Å²) in [6.07, 6.45) is 0. The fraction of sp³-hybridized carbons (Fsp3) is 0.0667. The van der Waals surface area contributed by atoms with Crippen molar-refractivity contribution in [3.8, 4) is 11.3 Å². The Labute approximate surface area is 107 Å². The molecule has 82 valence electrons. The molecular weight excluding hydrogens is 208 g/mol. The van der Waals surface area contributed by atoms with Crippen LogP contribution >= 0.6 is 0 Å². The van der Waals surface area contributed by atoms with Crippen LogP contribution in [0.2, 0.25) is 0 Å². The van der Waals surface area contributed by atoms with E-state index in [-0.39, 0.29) is 29.7 Å². The molecule has 0 atom stereocenters. The molecule has 17 heavy (non-hydrogen) atoms. The van der Waals surface area contributed by atoms with Crippen LogP contribution in [0.15, 0.2) is 54.5 Å². The summed E-state index contributed by atoms with van der Waals surface area (Å²) in [5.74, 6) is 0.487. The molecule has 0 aliphatic carbocycles. The van der Waals surface area contributed by atoms with Crippen LogP contribution in [0, 0.1) is 6.92 Å². The van der Waals surface area contributed by atoms with Gasteiger partial charge in [-0.2, -0.15) is 0 Å². The van der Waals surface area contributed by atoms with Gasteiger partial charge in [0, 0.05) is 10.9 Å². The molecule has 0 bridgehead atoms. The summed E-state index contributed by atoms with van der Waals surface area (Å²) in [6.45, 7) is 1.71. The van der Waals surface area contributed by atoms with Crippen LogP contribution in [0.25, 0.3) is 22.2 Å². The van der Waals surface area contributed by atoms with E-state index in [0.717, 1.165) is 0 Å². The van der Waals surface area contributed by atoms with Crippen molar-refractivity contribution in [1.29, 1.82) is 0 Å². The summed E-state index contributed by atoms with van der Waals surface area (Å²) < 4.78 is 39.4. The number of hydrogen-bond acceptors (Lipinski definition) is 2. The minimum atomic E-state index is -0.408. The second-order valence-corrected chi connectivity index (χ2v) is 3.64. The van der Waals surface area contributed by atoms with Crippen molar-refractivity contribution in [2.45, 2.75) is 6.92 Å². The first-order valence-corrected chi connectivity index (χ1v) is 5.22. The van der Waals surface area contributed by atoms with E-state index in [4.69, 9.17) is 6.85 Å². The molecule has 0 amide bonds. The van der Waals surface area contributed by atoms with Gasteiger partial charge < -0.3 is 0 Å². The van der Waals surface area contributed by atoms with Gasteiger partial charge in [-0.3, -0.25) is 0 Å². The molecule has 0 aliphatic heterocycles. The lowest BCUT2D eigenvalue weighted by atomic mass is 10.1. The average molecular weight is 225 g/mol. The zero-order valence-corrected chi connectivity index (χ0v) is 9.20. The molecule has 1 heterocycles. The molecule has 2 aromatic carbocycles. The lowest BCUT2D eigenvalue weighted by molar-refractivity contribution is 1.10. The maximum absolute atomic E-state index is 8.09. The third-order valence-corrected chi connectivity index (χ3v) is 2.45. The first-order valence-electron chi connectivity index (χ1n) is 7.72. The van der Waals surface area contributed by atoms with E-state index in [1.54, 1.807) is 19.1 Å². The van der Waals surface area contributed by atoms with Crippen LogP contribution in [0.5, 0.6) is 0 Å². The highest BCUT2D eigenvalue weighted by atomic mass is 14.9. The van der Waals surface area contributed by atoms with E-state index in [0.29, 0.717) is 22.4 Å². The number of aryl methyl sites for hydroxylation is 1. The summed E-state index contributed by atoms with van der Waals surface area (Å²) in [5.41, 5.74) is 1.14. The summed E-state index contributed by atoms with van der Waals surface area (Å²) in [4.78, 5) is 8.65. The molecule has 3 rings (SSSR count). The van der Waals surface area contributed by atoms with E-state index in [2.05, 4.69) is 9.97 Å². The highest BCUT2D eigenvalue weighted by molar-refractivity contribution is 5.92. The second-order valence-electron chi connectivity index (χ2n) is 3.64. The highest BCUT2D eigenvalue weighted by Crippen LogP contribution is 2.25. The summed E-state index contributed by atoms with van der Waals surface area (Å²) in [6, 6.07) is 5.58. The first-order chi connectivity index (χ1) is 10.4. The largest absolute Gasteiger partial charge is 0.233 e. The fourth-order valence-electron chi connectivity index (χ4n) is 1.75. The molecule has 3 aromatic rings. The molecule has 0 radical (unpaired) electrons. The van der Waals surface area contributed by atoms with Crippen LogP contribution < -0.4 is 0 Å². The van der Waals surface area contributed by atoms with Crippen molar-refractivity contribution in [3.05, 3.63) is 60.3 Å². The quantitative estimate of drug-likeness (QED) is 0.632. The zero-order valence-electron chi connectivity index (χ0n) is 14.2. The lowest BCUT2D eigenvalue weighted by Gasteiger charge is -2.06. The summed E-state index contributed by atoms with van der Waals surface area (Å²) >= 11 is 0. The molecule has 0 saturated heterocycles. The number of nitrogens with zero attached hydrogens (tertiary/aromatic N) is 2. The maximum atomic E-state index is 8.09. The molecule has 0 saturated carbocycles. The van der Waals surface area contributed by atoms with Crippen LogP contribution in [0.3, 0.4) is 0 Å². The molecule has 0 N–H and O–H groups in total. The maximum Gasteiger partial charge on any atom is 0.126 e. The third kappa shape index (κ3) is 1.78. The van der Waals surface area contributed by atoms with Gasteiger partial charge >= 0.3 is 0 Å². The molecule has 0 spiro atoms. The molecule has 0 aliphatic rings. The molecule has 2 nitrogen and oxygen atoms in total. The summed E-state index contributed by atoms with van der Waals surface area (Å²) in [5, 5.41) is 0.659. The standard InChI is InChI=1S/C15H12N2/c1-11-16-14-10-6-5-9-13(14)15(17-11)12-7-3-2-4-8-12/h2-10H,1H3/i2D,3D,4D,7D,8D. The third-order valence-electron chi connectivity index (χ3n) is 2.45. The normalized spacial score (nSPS) is 14.8. The molecule has 1 aromatic heterocycles. The number of benzene rings is 2. The van der Waals surface area contributed by atoms with Crippen molar-refractivity contribution < 1.29 is 6.85 Å². The minimum absolute atomic E-state index is 0.104. The fourth-order valence-corrected chi connectivity index (χ4v) is 1.75. The van der Waals surface area contributed by atoms with E-state index < -0.39 is 6.04 Å². The van der Waals surface area contributed by atoms with Crippen molar-refractivity contribution >= 4 is 10.9 Å². The molecule has 0 unspecified atom stereocenters. The Balaban J connectivity index is 2.48. The Bertz CT molecular complexity index is 879. The molecule has 2 heteroatoms. The molecule has 0 fully saturated rings. The van der Waals surface area contributed by atoms with Crippen LogP contribution in [0.4, 0.5) is 0 Å². The van der Waals surface area contributed by atoms with Crippen LogP contribution in [0.1, 0.15) is 12.7 Å². The highest BCUT2D eigenvalue weighted by Gasteiger charge is 2.06. The smallest absolute Gasteiger partial charge is 0.126 e. The van der Waals surface area contributed by atoms with Gasteiger partial charge in [0.05, 0.1) is 18.1 Å². The van der Waals surface area contributed by atoms with Gasteiger partial charge in [0.25, 0.3) is 0 Å². The van der Waals surface area contributed by atoms with E-state index in [9.17, 15) is 0 Å². The van der Waals surface area contributed by atoms with E-state index in [1.807, 2.05) is 12.1 Å². The first kappa shape index (κ1) is 5.92. The Kier molecular flexibility index (Phi) is 1.39. The van der Waals surface area contributed by atoms with Gasteiger partial charge in [0.15, 0.2) is 0 Å². The van der Waals surface area contributed by atoms with Gasteiger partial charge in [-0.25, -0.2) is 9.97 Å². The second kappa shape index (κ2) is 3.98. The van der Waals surface area contributed by atoms with E-state index in [1.165, 1.54) is 0 Å². The minimum Gasteiger partial charge on any atom is -0.233 e. The SMILES string of the molecule is [2H]c1c([2H])c([2H])c(-c2nc(C)nc3ccccc23)c([2H])c1[2H]. The van der Waals surface area contributed by atoms with Gasteiger partial charge in [-0.15, -0.1) is 0 Å². The van der Waals surface area contributed by atoms with Crippen molar-refractivity contribution in [3.63, 3.8) is 0 Å². The van der Waals surface area contributed by atoms with Gasteiger partial charge in [-0.05, 0) is 13.0 Å². The van der Waals surface area contributed by atoms with Crippen molar-refractivity contribution in [1.82, 2.24) is 9.97 Å². The number of fused-ring (bicyclic) bond motifs is 1. The van der Waals surface area contributed by atoms with Gasteiger partial charge in [-0.1, -0.05) is 48.4 Å². The Morgan fingerprint density at radius 2 is 1.76 bits per heavy atom. The Morgan fingerprint density at radius 1 is 1.00 bits per heavy atom. The number of hydrogen-bond donors (Lipinski definition) is 0. The predicted octanol–water partition coefficient (Wildman–Crippen LogP) is 3.61. The zero-order chi connectivity index (χ0) is 16.0. The van der Waals surface area contributed by atoms with Gasteiger partial charge in [0.1, 0.15) is 5.82 Å². The Morgan fingerprint density at radius 3 is 2.59 bits per heavy atom. The average Bonchev–Trinajstić information content (AvgIpc) is 2.51. The summed E-state index contributed by atoms with van der Waals surface area (Å²) in [7, 11) is 0. The topological polar surface area (TPSA) is 25.8 Å². The van der Waals surface area contributed by atoms with Crippen molar-refractivity contribution in [2.75, 3.05) is 0 Å². The Hall–Kier alpha value is -2.22. The van der Waals surface area contributed by atoms with Gasteiger partial charge in [0.2, 0.25) is 0 Å². The van der Waals surface area contributed by atoms with Crippen LogP contribution in [-0.4, -0.2) is 9.97 Å². The van der Waals surface area contributed by atoms with Crippen LogP contribution in [-0.2, 0) is 0 Å². The van der Waals surface area contributed by atoms with Crippen molar-refractivity contribution in [2.24, 2.45) is 0 Å². The predicted molar refractivity (Wildman–Crippen MR) is 69.7 cm³/mol. The van der Waals surface area contributed by atoms with E-state index >= 15 is 0 Å². The number of aromatic nitrogens is 2.